The van der Waals surface area contributed by atoms with E-state index < -0.39 is 0 Å². The molecule has 2 saturated heterocycles. The van der Waals surface area contributed by atoms with Crippen LogP contribution in [0.3, 0.4) is 0 Å². The van der Waals surface area contributed by atoms with E-state index in [1.165, 1.54) is 12.0 Å². The fourth-order valence-electron chi connectivity index (χ4n) is 6.72. The molecule has 214 valence electrons. The first-order chi connectivity index (χ1) is 19.4. The molecule has 4 unspecified atom stereocenters. The van der Waals surface area contributed by atoms with Gasteiger partial charge in [-0.15, -0.1) is 0 Å². The van der Waals surface area contributed by atoms with Gasteiger partial charge < -0.3 is 19.9 Å². The van der Waals surface area contributed by atoms with Gasteiger partial charge in [-0.1, -0.05) is 62.2 Å². The number of nitrogens with zero attached hydrogens (tertiary/aromatic N) is 2. The lowest BCUT2D eigenvalue weighted by Crippen LogP contribution is -2.54. The second-order valence-electron chi connectivity index (χ2n) is 12.4. The Morgan fingerprint density at radius 2 is 1.70 bits per heavy atom. The summed E-state index contributed by atoms with van der Waals surface area (Å²) in [6.45, 7) is 11.3. The average Bonchev–Trinajstić information content (AvgIpc) is 2.94. The van der Waals surface area contributed by atoms with Crippen LogP contribution in [0.5, 0.6) is 0 Å². The fourth-order valence-corrected chi connectivity index (χ4v) is 6.72. The Balaban J connectivity index is 1.18. The molecule has 1 N–H and O–H groups in total. The molecule has 40 heavy (non-hydrogen) atoms. The normalized spacial score (nSPS) is 26.3. The summed E-state index contributed by atoms with van der Waals surface area (Å²) in [7, 11) is 0. The minimum atomic E-state index is -0.0566. The van der Waals surface area contributed by atoms with Crippen LogP contribution in [0, 0.1) is 18.8 Å². The number of benzene rings is 2. The highest BCUT2D eigenvalue weighted by Gasteiger charge is 2.41. The quantitative estimate of drug-likeness (QED) is 0.338. The molecule has 6 heteroatoms. The number of morpholine rings is 1. The van der Waals surface area contributed by atoms with Crippen molar-refractivity contribution in [1.82, 2.24) is 15.1 Å². The van der Waals surface area contributed by atoms with Crippen molar-refractivity contribution in [3.8, 4) is 0 Å². The molecule has 1 saturated carbocycles. The fraction of sp³-hybridized carbons (Fsp3) is 0.529. The van der Waals surface area contributed by atoms with Gasteiger partial charge in [0.2, 0.25) is 0 Å². The highest BCUT2D eigenvalue weighted by molar-refractivity contribution is 5.97. The van der Waals surface area contributed by atoms with E-state index in [0.29, 0.717) is 24.4 Å². The van der Waals surface area contributed by atoms with E-state index in [-0.39, 0.29) is 24.0 Å². The van der Waals surface area contributed by atoms with Crippen molar-refractivity contribution < 1.29 is 14.3 Å². The molecule has 4 atom stereocenters. The largest absolute Gasteiger partial charge is 0.482 e. The lowest BCUT2D eigenvalue weighted by Gasteiger charge is -2.44. The molecule has 2 aliphatic heterocycles. The van der Waals surface area contributed by atoms with Crippen molar-refractivity contribution in [2.24, 2.45) is 11.8 Å². The summed E-state index contributed by atoms with van der Waals surface area (Å²) in [4.78, 5) is 30.9. The average molecular weight is 544 g/mol. The van der Waals surface area contributed by atoms with Crippen LogP contribution in [0.25, 0.3) is 6.08 Å². The van der Waals surface area contributed by atoms with Crippen molar-refractivity contribution in [3.63, 3.8) is 0 Å². The lowest BCUT2D eigenvalue weighted by atomic mass is 9.89. The smallest absolute Gasteiger partial charge is 0.289 e. The monoisotopic (exact) mass is 543 g/mol. The van der Waals surface area contributed by atoms with Gasteiger partial charge in [-0.25, -0.2) is 0 Å². The number of carbonyl (C=O) groups excluding carboxylic acids is 2. The van der Waals surface area contributed by atoms with Crippen molar-refractivity contribution in [3.05, 3.63) is 76.5 Å². The summed E-state index contributed by atoms with van der Waals surface area (Å²) in [5.41, 5.74) is 3.84. The second-order valence-corrected chi connectivity index (χ2v) is 12.4. The maximum atomic E-state index is 13.6. The van der Waals surface area contributed by atoms with E-state index in [1.54, 1.807) is 0 Å². The summed E-state index contributed by atoms with van der Waals surface area (Å²) < 4.78 is 6.29. The number of fused-ring (bicyclic) bond motifs is 1. The van der Waals surface area contributed by atoms with Gasteiger partial charge >= 0.3 is 0 Å². The van der Waals surface area contributed by atoms with Gasteiger partial charge in [-0.05, 0) is 86.7 Å². The van der Waals surface area contributed by atoms with Crippen molar-refractivity contribution >= 4 is 17.9 Å². The van der Waals surface area contributed by atoms with Gasteiger partial charge in [-0.3, -0.25) is 9.59 Å². The molecule has 3 fully saturated rings. The zero-order valence-electron chi connectivity index (χ0n) is 24.4. The van der Waals surface area contributed by atoms with Crippen LogP contribution in [-0.4, -0.2) is 59.9 Å². The number of hydrogen-bond acceptors (Lipinski definition) is 4. The van der Waals surface area contributed by atoms with Crippen LogP contribution in [0.4, 0.5) is 0 Å². The number of hydrogen-bond donors (Lipinski definition) is 1. The second kappa shape index (κ2) is 13.0. The summed E-state index contributed by atoms with van der Waals surface area (Å²) >= 11 is 0. The van der Waals surface area contributed by atoms with E-state index >= 15 is 0 Å². The van der Waals surface area contributed by atoms with Gasteiger partial charge in [0.25, 0.3) is 11.8 Å². The van der Waals surface area contributed by atoms with Crippen LogP contribution >= 0.6 is 0 Å². The number of amides is 2. The minimum absolute atomic E-state index is 0.0320. The Morgan fingerprint density at radius 1 is 1.00 bits per heavy atom. The van der Waals surface area contributed by atoms with Crippen molar-refractivity contribution in [2.45, 2.75) is 78.0 Å². The van der Waals surface area contributed by atoms with Gasteiger partial charge in [0.15, 0.2) is 5.76 Å². The summed E-state index contributed by atoms with van der Waals surface area (Å²) in [6.07, 6.45) is 8.33. The summed E-state index contributed by atoms with van der Waals surface area (Å²) in [5, 5.41) is 3.07. The molecule has 2 aromatic rings. The van der Waals surface area contributed by atoms with Crippen LogP contribution in [-0.2, 0) is 16.1 Å². The molecule has 0 spiro atoms. The molecule has 3 aliphatic rings. The zero-order chi connectivity index (χ0) is 28.1. The number of rotatable bonds is 8. The van der Waals surface area contributed by atoms with E-state index in [4.69, 9.17) is 4.74 Å². The molecule has 2 heterocycles. The molecule has 1 aliphatic carbocycles. The minimum Gasteiger partial charge on any atom is -0.482 e. The summed E-state index contributed by atoms with van der Waals surface area (Å²) in [6, 6.07) is 16.0. The van der Waals surface area contributed by atoms with Gasteiger partial charge in [0, 0.05) is 31.7 Å². The van der Waals surface area contributed by atoms with Crippen molar-refractivity contribution in [2.75, 3.05) is 26.2 Å². The molecule has 0 radical (unpaired) electrons. The van der Waals surface area contributed by atoms with Gasteiger partial charge in [-0.2, -0.15) is 0 Å². The van der Waals surface area contributed by atoms with Crippen LogP contribution in [0.15, 0.2) is 54.3 Å². The predicted molar refractivity (Wildman–Crippen MR) is 160 cm³/mol. The maximum absolute atomic E-state index is 13.6. The van der Waals surface area contributed by atoms with Crippen LogP contribution < -0.4 is 5.32 Å². The SMILES string of the molecule is Cc1ccc(CN2C(=O)/C(=C\c3ccc(C(=O)NCCCN4CC(C)CC(C)C4)cc3)OC3CCCCC32)cc1. The van der Waals surface area contributed by atoms with E-state index in [9.17, 15) is 9.59 Å². The molecule has 5 rings (SSSR count). The maximum Gasteiger partial charge on any atom is 0.289 e. The van der Waals surface area contributed by atoms with Gasteiger partial charge in [0.05, 0.1) is 6.04 Å². The third-order valence-corrected chi connectivity index (χ3v) is 8.64. The number of aryl methyl sites for hydroxylation is 1. The summed E-state index contributed by atoms with van der Waals surface area (Å²) in [5.74, 6) is 1.79. The predicted octanol–water partition coefficient (Wildman–Crippen LogP) is 5.80. The third-order valence-electron chi connectivity index (χ3n) is 8.64. The molecule has 2 amide bonds. The first kappa shape index (κ1) is 28.4. The van der Waals surface area contributed by atoms with Gasteiger partial charge in [0.1, 0.15) is 6.10 Å². The molecule has 2 aromatic carbocycles. The Hall–Kier alpha value is -3.12. The molecule has 0 bridgehead atoms. The Morgan fingerprint density at radius 3 is 2.42 bits per heavy atom. The third kappa shape index (κ3) is 7.14. The first-order valence-electron chi connectivity index (χ1n) is 15.2. The van der Waals surface area contributed by atoms with Crippen LogP contribution in [0.2, 0.25) is 0 Å². The molecular weight excluding hydrogens is 498 g/mol. The molecule has 0 aromatic heterocycles. The zero-order valence-corrected chi connectivity index (χ0v) is 24.4. The van der Waals surface area contributed by atoms with E-state index in [1.807, 2.05) is 35.2 Å². The van der Waals surface area contributed by atoms with Crippen LogP contribution in [0.1, 0.15) is 79.4 Å². The van der Waals surface area contributed by atoms with E-state index in [0.717, 1.165) is 74.7 Å². The first-order valence-corrected chi connectivity index (χ1v) is 15.2. The number of nitrogens with one attached hydrogen (secondary N) is 1. The van der Waals surface area contributed by atoms with Crippen molar-refractivity contribution in [1.29, 1.82) is 0 Å². The Labute approximate surface area is 239 Å². The molecule has 6 nitrogen and oxygen atoms in total. The number of piperidine rings is 1. The standard InChI is InChI=1S/C34H45N3O3/c1-24-9-11-28(12-10-24)23-37-30-7-4-5-8-31(30)40-32(34(37)39)20-27-13-15-29(16-14-27)33(38)35-17-6-18-36-21-25(2)19-26(3)22-36/h9-16,20,25-26,30-31H,4-8,17-19,21-23H2,1-3H3,(H,35,38)/b32-20+. The topological polar surface area (TPSA) is 61.9 Å². The Bertz CT molecular complexity index is 1180. The van der Waals surface area contributed by atoms with E-state index in [2.05, 4.69) is 55.3 Å². The Kier molecular flexibility index (Phi) is 9.25. The highest BCUT2D eigenvalue weighted by atomic mass is 16.5. The number of ether oxygens (including phenoxy) is 1. The highest BCUT2D eigenvalue weighted by Crippen LogP contribution is 2.34. The number of likely N-dealkylation sites (tertiary alicyclic amines) is 1. The molecular formula is C34H45N3O3. The number of carbonyl (C=O) groups is 2. The lowest BCUT2D eigenvalue weighted by molar-refractivity contribution is -0.149.